The minimum atomic E-state index is 0. The van der Waals surface area contributed by atoms with Gasteiger partial charge in [0.15, 0.2) is 0 Å². The zero-order valence-electron chi connectivity index (χ0n) is 17.2. The van der Waals surface area contributed by atoms with Crippen LogP contribution in [0.4, 0.5) is 5.95 Å². The minimum absolute atomic E-state index is 0. The molecule has 4 rings (SSSR count). The molecule has 3 heterocycles. The van der Waals surface area contributed by atoms with Crippen LogP contribution < -0.4 is 5.32 Å². The molecule has 0 aliphatic carbocycles. The van der Waals surface area contributed by atoms with E-state index in [0.29, 0.717) is 12.1 Å². The first-order valence-corrected chi connectivity index (χ1v) is 10.6. The van der Waals surface area contributed by atoms with Crippen molar-refractivity contribution in [2.24, 2.45) is 0 Å². The van der Waals surface area contributed by atoms with E-state index in [1.165, 1.54) is 6.42 Å². The van der Waals surface area contributed by atoms with E-state index in [1.54, 1.807) is 0 Å². The zero-order chi connectivity index (χ0) is 19.5. The first kappa shape index (κ1) is 21.3. The van der Waals surface area contributed by atoms with Crippen molar-refractivity contribution in [1.82, 2.24) is 19.4 Å². The molecule has 2 aromatic heterocycles. The van der Waals surface area contributed by atoms with Crippen LogP contribution >= 0.6 is 0 Å². The number of benzene rings is 1. The normalized spacial score (nSPS) is 17.6. The van der Waals surface area contributed by atoms with Gasteiger partial charge in [-0.05, 0) is 57.4 Å². The van der Waals surface area contributed by atoms with Crippen molar-refractivity contribution in [3.05, 3.63) is 54.4 Å². The maximum Gasteiger partial charge on any atom is 0.204 e. The Balaban J connectivity index is 0.00000240. The Kier molecular flexibility index (Phi) is 6.91. The number of nitrogens with one attached hydrogen (secondary N) is 1. The fourth-order valence-corrected chi connectivity index (χ4v) is 4.22. The lowest BCUT2D eigenvalue weighted by atomic mass is 10.0. The van der Waals surface area contributed by atoms with Gasteiger partial charge in [-0.1, -0.05) is 32.5 Å². The highest BCUT2D eigenvalue weighted by molar-refractivity contribution is 5.79. The van der Waals surface area contributed by atoms with E-state index in [0.717, 1.165) is 48.6 Å². The number of hydrogen-bond acceptors (Lipinski definition) is 4. The van der Waals surface area contributed by atoms with Crippen LogP contribution in [-0.2, 0) is 0 Å². The first-order valence-electron chi connectivity index (χ1n) is 10.6. The summed E-state index contributed by atoms with van der Waals surface area (Å²) in [6.07, 6.45) is 5.40. The van der Waals surface area contributed by atoms with Gasteiger partial charge < -0.3 is 14.8 Å². The van der Waals surface area contributed by atoms with E-state index in [9.17, 15) is 0 Å². The Morgan fingerprint density at radius 1 is 1.07 bits per heavy atom. The van der Waals surface area contributed by atoms with Crippen molar-refractivity contribution in [3.63, 3.8) is 0 Å². The van der Waals surface area contributed by atoms with Crippen molar-refractivity contribution in [2.75, 3.05) is 18.4 Å². The molecule has 0 bridgehead atoms. The molecule has 3 aromatic rings. The number of nitrogens with zero attached hydrogens (tertiary/aromatic N) is 4. The Bertz CT molecular complexity index is 896. The second-order valence-corrected chi connectivity index (χ2v) is 7.94. The van der Waals surface area contributed by atoms with E-state index < -0.39 is 0 Å². The Labute approximate surface area is 175 Å². The Morgan fingerprint density at radius 2 is 1.79 bits per heavy atom. The smallest absolute Gasteiger partial charge is 0.204 e. The molecule has 1 fully saturated rings. The van der Waals surface area contributed by atoms with Gasteiger partial charge in [0.05, 0.1) is 22.8 Å². The summed E-state index contributed by atoms with van der Waals surface area (Å²) in [5, 5.41) is 3.76. The predicted molar refractivity (Wildman–Crippen MR) is 122 cm³/mol. The summed E-state index contributed by atoms with van der Waals surface area (Å²) in [7, 11) is 0. The highest BCUT2D eigenvalue weighted by atomic mass is 15.2. The number of fused-ring (bicyclic) bond motifs is 1. The van der Waals surface area contributed by atoms with E-state index in [4.69, 9.17) is 4.98 Å². The van der Waals surface area contributed by atoms with Crippen LogP contribution in [0.1, 0.15) is 59.2 Å². The molecular weight excluding hydrogens is 358 g/mol. The average molecular weight is 394 g/mol. The number of anilines is 1. The lowest BCUT2D eigenvalue weighted by Crippen LogP contribution is -2.43. The third-order valence-electron chi connectivity index (χ3n) is 6.18. The summed E-state index contributed by atoms with van der Waals surface area (Å²) in [5.74, 6) is 0.960. The van der Waals surface area contributed by atoms with Gasteiger partial charge in [-0.3, -0.25) is 4.98 Å². The van der Waals surface area contributed by atoms with E-state index in [1.807, 2.05) is 12.3 Å². The van der Waals surface area contributed by atoms with Gasteiger partial charge in [-0.25, -0.2) is 4.98 Å². The third-order valence-corrected chi connectivity index (χ3v) is 6.18. The summed E-state index contributed by atoms with van der Waals surface area (Å²) in [6.45, 7) is 9.12. The fraction of sp³-hybridized carbons (Fsp3) is 0.500. The summed E-state index contributed by atoms with van der Waals surface area (Å²) >= 11 is 0. The SMILES string of the molecule is C.CCC(C)N1CCC(Nc2nc3ccccc3n2C(C)c2ccccn2)CC1. The number of hydrogen-bond donors (Lipinski definition) is 1. The van der Waals surface area contributed by atoms with Crippen LogP contribution in [0.5, 0.6) is 0 Å². The number of aromatic nitrogens is 3. The minimum Gasteiger partial charge on any atom is -0.353 e. The molecule has 0 saturated carbocycles. The zero-order valence-corrected chi connectivity index (χ0v) is 17.2. The quantitative estimate of drug-likeness (QED) is 0.613. The predicted octanol–water partition coefficient (Wildman–Crippen LogP) is 5.35. The second-order valence-electron chi connectivity index (χ2n) is 7.94. The van der Waals surface area contributed by atoms with E-state index in [-0.39, 0.29) is 13.5 Å². The van der Waals surface area contributed by atoms with E-state index >= 15 is 0 Å². The molecule has 2 atom stereocenters. The highest BCUT2D eigenvalue weighted by Gasteiger charge is 2.25. The fourth-order valence-electron chi connectivity index (χ4n) is 4.22. The van der Waals surface area contributed by atoms with Crippen molar-refractivity contribution in [3.8, 4) is 0 Å². The molecule has 1 N–H and O–H groups in total. The number of rotatable bonds is 6. The van der Waals surface area contributed by atoms with Crippen molar-refractivity contribution in [2.45, 2.75) is 65.6 Å². The number of para-hydroxylation sites is 2. The highest BCUT2D eigenvalue weighted by Crippen LogP contribution is 2.29. The van der Waals surface area contributed by atoms with Gasteiger partial charge in [0.25, 0.3) is 0 Å². The van der Waals surface area contributed by atoms with Crippen LogP contribution in [0.15, 0.2) is 48.7 Å². The molecule has 5 heteroatoms. The van der Waals surface area contributed by atoms with Crippen molar-refractivity contribution in [1.29, 1.82) is 0 Å². The van der Waals surface area contributed by atoms with Crippen LogP contribution in [0.2, 0.25) is 0 Å². The standard InChI is InChI=1S/C23H31N5.CH4/c1-4-17(2)27-15-12-19(13-16-27)25-23-26-21-10-5-6-11-22(21)28(23)18(3)20-9-7-8-14-24-20;/h5-11,14,17-19H,4,12-13,15-16H2,1-3H3,(H,25,26);1H4. The van der Waals surface area contributed by atoms with E-state index in [2.05, 4.69) is 76.9 Å². The molecular formula is C24H35N5. The summed E-state index contributed by atoms with van der Waals surface area (Å²) in [5.41, 5.74) is 3.24. The summed E-state index contributed by atoms with van der Waals surface area (Å²) < 4.78 is 2.30. The summed E-state index contributed by atoms with van der Waals surface area (Å²) in [4.78, 5) is 12.1. The molecule has 2 unspecified atom stereocenters. The summed E-state index contributed by atoms with van der Waals surface area (Å²) in [6, 6.07) is 15.7. The number of imidazole rings is 1. The van der Waals surface area contributed by atoms with Crippen LogP contribution in [-0.4, -0.2) is 44.6 Å². The van der Waals surface area contributed by atoms with Crippen LogP contribution in [0, 0.1) is 0 Å². The van der Waals surface area contributed by atoms with Gasteiger partial charge in [0.2, 0.25) is 5.95 Å². The van der Waals surface area contributed by atoms with Crippen LogP contribution in [0.3, 0.4) is 0 Å². The van der Waals surface area contributed by atoms with Crippen LogP contribution in [0.25, 0.3) is 11.0 Å². The largest absolute Gasteiger partial charge is 0.353 e. The molecule has 5 nitrogen and oxygen atoms in total. The van der Waals surface area contributed by atoms with Crippen molar-refractivity contribution < 1.29 is 0 Å². The molecule has 156 valence electrons. The number of piperidine rings is 1. The molecule has 0 amide bonds. The van der Waals surface area contributed by atoms with Gasteiger partial charge in [0.1, 0.15) is 0 Å². The topological polar surface area (TPSA) is 46.0 Å². The maximum atomic E-state index is 4.93. The Hall–Kier alpha value is -2.40. The van der Waals surface area contributed by atoms with Gasteiger partial charge in [-0.2, -0.15) is 0 Å². The monoisotopic (exact) mass is 393 g/mol. The van der Waals surface area contributed by atoms with Gasteiger partial charge in [-0.15, -0.1) is 0 Å². The van der Waals surface area contributed by atoms with Gasteiger partial charge >= 0.3 is 0 Å². The molecule has 1 aliphatic rings. The molecule has 1 aliphatic heterocycles. The molecule has 1 aromatic carbocycles. The number of pyridine rings is 1. The lowest BCUT2D eigenvalue weighted by Gasteiger charge is -2.36. The van der Waals surface area contributed by atoms with Crippen molar-refractivity contribution >= 4 is 17.0 Å². The first-order chi connectivity index (χ1) is 13.7. The maximum absolute atomic E-state index is 4.93. The average Bonchev–Trinajstić information content (AvgIpc) is 3.11. The Morgan fingerprint density at radius 3 is 2.48 bits per heavy atom. The lowest BCUT2D eigenvalue weighted by molar-refractivity contribution is 0.163. The molecule has 29 heavy (non-hydrogen) atoms. The third kappa shape index (κ3) is 4.45. The molecule has 0 spiro atoms. The van der Waals surface area contributed by atoms with Gasteiger partial charge in [0, 0.05) is 31.4 Å². The second kappa shape index (κ2) is 9.40. The molecule has 0 radical (unpaired) electrons. The molecule has 1 saturated heterocycles. The number of likely N-dealkylation sites (tertiary alicyclic amines) is 1.